The van der Waals surface area contributed by atoms with E-state index in [4.69, 9.17) is 15.0 Å². The van der Waals surface area contributed by atoms with Gasteiger partial charge in [-0.1, -0.05) is 200 Å². The molecule has 14 rings (SSSR count). The fourth-order valence-electron chi connectivity index (χ4n) is 11.3. The van der Waals surface area contributed by atoms with Gasteiger partial charge in [-0.15, -0.1) is 0 Å². The lowest BCUT2D eigenvalue weighted by atomic mass is 9.67. The fraction of sp³-hybridized carbons (Fsp3) is 0.0156. The molecule has 0 amide bonds. The number of rotatable bonds is 7. The summed E-state index contributed by atoms with van der Waals surface area (Å²) in [6.45, 7) is 0. The predicted molar refractivity (Wildman–Crippen MR) is 282 cm³/mol. The highest BCUT2D eigenvalue weighted by atomic mass is 15.2. The lowest BCUT2D eigenvalue weighted by Crippen LogP contribution is -2.28. The molecular formula is C64H41N5. The van der Waals surface area contributed by atoms with Crippen LogP contribution in [-0.2, 0) is 5.41 Å². The third-order valence-corrected chi connectivity index (χ3v) is 14.3. The van der Waals surface area contributed by atoms with Crippen LogP contribution < -0.4 is 0 Å². The molecule has 69 heavy (non-hydrogen) atoms. The van der Waals surface area contributed by atoms with Gasteiger partial charge in [0.1, 0.15) is 0 Å². The van der Waals surface area contributed by atoms with E-state index in [1.54, 1.807) is 0 Å². The Hall–Kier alpha value is -9.19. The molecule has 5 heteroatoms. The molecule has 0 saturated heterocycles. The van der Waals surface area contributed by atoms with Gasteiger partial charge in [0, 0.05) is 38.4 Å². The zero-order valence-electron chi connectivity index (χ0n) is 37.4. The maximum atomic E-state index is 5.21. The second-order valence-corrected chi connectivity index (χ2v) is 17.9. The first-order valence-corrected chi connectivity index (χ1v) is 23.5. The van der Waals surface area contributed by atoms with E-state index in [1.807, 2.05) is 36.4 Å². The van der Waals surface area contributed by atoms with E-state index in [9.17, 15) is 0 Å². The molecule has 1 aliphatic carbocycles. The summed E-state index contributed by atoms with van der Waals surface area (Å²) in [5, 5.41) is 4.68. The minimum Gasteiger partial charge on any atom is -0.309 e. The maximum absolute atomic E-state index is 5.21. The third kappa shape index (κ3) is 5.94. The Morgan fingerprint density at radius 3 is 1.48 bits per heavy atom. The van der Waals surface area contributed by atoms with Crippen molar-refractivity contribution in [3.63, 3.8) is 0 Å². The van der Waals surface area contributed by atoms with Gasteiger partial charge < -0.3 is 4.57 Å². The Kier molecular flexibility index (Phi) is 8.73. The highest BCUT2D eigenvalue weighted by Crippen LogP contribution is 2.57. The lowest BCUT2D eigenvalue weighted by Gasteiger charge is -2.34. The van der Waals surface area contributed by atoms with E-state index in [-0.39, 0.29) is 0 Å². The van der Waals surface area contributed by atoms with E-state index in [0.717, 1.165) is 55.3 Å². The van der Waals surface area contributed by atoms with Gasteiger partial charge >= 0.3 is 0 Å². The number of hydrogen-bond acceptors (Lipinski definition) is 3. The van der Waals surface area contributed by atoms with E-state index < -0.39 is 5.41 Å². The molecular weight excluding hydrogens is 839 g/mol. The molecule has 322 valence electrons. The second-order valence-electron chi connectivity index (χ2n) is 17.9. The number of para-hydroxylation sites is 2. The van der Waals surface area contributed by atoms with Crippen molar-refractivity contribution in [1.82, 2.24) is 24.1 Å². The molecule has 0 N–H and O–H groups in total. The summed E-state index contributed by atoms with van der Waals surface area (Å²) in [5.74, 6) is 1.82. The molecule has 0 spiro atoms. The molecule has 1 aliphatic rings. The van der Waals surface area contributed by atoms with E-state index in [0.29, 0.717) is 17.6 Å². The van der Waals surface area contributed by atoms with Gasteiger partial charge in [0.05, 0.1) is 27.5 Å². The van der Waals surface area contributed by atoms with Crippen molar-refractivity contribution in [2.45, 2.75) is 5.41 Å². The SMILES string of the molecule is c1ccc(-c2nc(-c3ccccc3)nc(-n3c4ccccc4c4ccc(-c5ccc6c(c5)c5cc7c(cc5n6-c5ccccc5)C(c5ccccc5)(c5ccccc5)c5ccccc5-7)cc43)n2)cc1. The Balaban J connectivity index is 1.01. The maximum Gasteiger partial charge on any atom is 0.238 e. The summed E-state index contributed by atoms with van der Waals surface area (Å²) in [4.78, 5) is 15.4. The molecule has 0 saturated carbocycles. The first kappa shape index (κ1) is 39.0. The molecule has 5 nitrogen and oxygen atoms in total. The molecule has 0 fully saturated rings. The number of benzene rings is 10. The summed E-state index contributed by atoms with van der Waals surface area (Å²) >= 11 is 0. The van der Waals surface area contributed by atoms with Crippen molar-refractivity contribution in [3.05, 3.63) is 271 Å². The normalized spacial score (nSPS) is 12.8. The first-order chi connectivity index (χ1) is 34.2. The number of nitrogens with zero attached hydrogens (tertiary/aromatic N) is 5. The van der Waals surface area contributed by atoms with Gasteiger partial charge in [0.15, 0.2) is 11.6 Å². The van der Waals surface area contributed by atoms with Crippen LogP contribution in [0, 0.1) is 0 Å². The van der Waals surface area contributed by atoms with Crippen LogP contribution in [0.1, 0.15) is 22.3 Å². The van der Waals surface area contributed by atoms with Crippen LogP contribution in [0.5, 0.6) is 0 Å². The molecule has 3 aromatic heterocycles. The highest BCUT2D eigenvalue weighted by Gasteiger charge is 2.46. The van der Waals surface area contributed by atoms with E-state index >= 15 is 0 Å². The van der Waals surface area contributed by atoms with Gasteiger partial charge in [0.2, 0.25) is 5.95 Å². The third-order valence-electron chi connectivity index (χ3n) is 14.3. The Morgan fingerprint density at radius 1 is 0.290 bits per heavy atom. The number of aromatic nitrogens is 5. The summed E-state index contributed by atoms with van der Waals surface area (Å²) in [7, 11) is 0. The van der Waals surface area contributed by atoms with Crippen LogP contribution >= 0.6 is 0 Å². The van der Waals surface area contributed by atoms with Crippen LogP contribution in [0.2, 0.25) is 0 Å². The molecule has 3 heterocycles. The quantitative estimate of drug-likeness (QED) is 0.160. The van der Waals surface area contributed by atoms with Crippen molar-refractivity contribution >= 4 is 43.6 Å². The average Bonchev–Trinajstić information content (AvgIpc) is 4.04. The minimum atomic E-state index is -0.512. The van der Waals surface area contributed by atoms with Crippen LogP contribution in [0.15, 0.2) is 249 Å². The first-order valence-electron chi connectivity index (χ1n) is 23.5. The average molecular weight is 880 g/mol. The van der Waals surface area contributed by atoms with Crippen molar-refractivity contribution in [3.8, 4) is 56.7 Å². The monoisotopic (exact) mass is 879 g/mol. The summed E-state index contributed by atoms with van der Waals surface area (Å²) in [6, 6.07) is 89.6. The smallest absolute Gasteiger partial charge is 0.238 e. The Bertz CT molecular complexity index is 4010. The molecule has 0 aliphatic heterocycles. The fourth-order valence-corrected chi connectivity index (χ4v) is 11.3. The van der Waals surface area contributed by atoms with Gasteiger partial charge in [-0.3, -0.25) is 4.57 Å². The molecule has 13 aromatic rings. The summed E-state index contributed by atoms with van der Waals surface area (Å²) in [5.41, 5.74) is 16.7. The highest BCUT2D eigenvalue weighted by molar-refractivity contribution is 6.14. The van der Waals surface area contributed by atoms with Crippen molar-refractivity contribution in [1.29, 1.82) is 0 Å². The largest absolute Gasteiger partial charge is 0.309 e. The lowest BCUT2D eigenvalue weighted by molar-refractivity contribution is 0.769. The summed E-state index contributed by atoms with van der Waals surface area (Å²) < 4.78 is 4.66. The topological polar surface area (TPSA) is 48.5 Å². The van der Waals surface area contributed by atoms with Crippen LogP contribution in [0.3, 0.4) is 0 Å². The Labute approximate surface area is 398 Å². The molecule has 10 aromatic carbocycles. The van der Waals surface area contributed by atoms with Crippen molar-refractivity contribution in [2.75, 3.05) is 0 Å². The number of fused-ring (bicyclic) bond motifs is 9. The van der Waals surface area contributed by atoms with E-state index in [2.05, 4.69) is 221 Å². The minimum absolute atomic E-state index is 0.512. The van der Waals surface area contributed by atoms with Crippen molar-refractivity contribution < 1.29 is 0 Å². The zero-order chi connectivity index (χ0) is 45.5. The predicted octanol–water partition coefficient (Wildman–Crippen LogP) is 15.4. The van der Waals surface area contributed by atoms with Gasteiger partial charge in [-0.05, 0) is 93.0 Å². The Morgan fingerprint density at radius 2 is 0.797 bits per heavy atom. The summed E-state index contributed by atoms with van der Waals surface area (Å²) in [6.07, 6.45) is 0. The van der Waals surface area contributed by atoms with Crippen molar-refractivity contribution in [2.24, 2.45) is 0 Å². The molecule has 0 radical (unpaired) electrons. The van der Waals surface area contributed by atoms with Crippen LogP contribution in [0.25, 0.3) is 100 Å². The molecule has 0 atom stereocenters. The molecule has 0 bridgehead atoms. The number of hydrogen-bond donors (Lipinski definition) is 0. The van der Waals surface area contributed by atoms with Crippen LogP contribution in [-0.4, -0.2) is 24.1 Å². The van der Waals surface area contributed by atoms with Gasteiger partial charge in [0.25, 0.3) is 0 Å². The second kappa shape index (κ2) is 15.4. The van der Waals surface area contributed by atoms with Gasteiger partial charge in [-0.25, -0.2) is 4.98 Å². The molecule has 0 unspecified atom stereocenters. The van der Waals surface area contributed by atoms with Gasteiger partial charge in [-0.2, -0.15) is 9.97 Å². The van der Waals surface area contributed by atoms with E-state index in [1.165, 1.54) is 49.7 Å². The standard InChI is InChI=1S/C64H41N5/c1-6-20-42(21-7-1)61-65-62(43-22-8-2-9-23-43)67-63(66-61)69-57-33-19-17-31-50(57)51-36-34-45(39-59(51)69)44-35-37-58-53(38-44)54-40-52-49-30-16-18-32-55(49)64(46-24-10-3-11-25-46,47-26-12-4-13-27-47)56(52)41-60(54)68(58)48-28-14-5-15-29-48/h1-41H. The zero-order valence-corrected chi connectivity index (χ0v) is 37.4. The van der Waals surface area contributed by atoms with Crippen LogP contribution in [0.4, 0.5) is 0 Å².